The van der Waals surface area contributed by atoms with Gasteiger partial charge in [-0.3, -0.25) is 4.79 Å². The van der Waals surface area contributed by atoms with E-state index in [2.05, 4.69) is 29.5 Å². The molecule has 1 aliphatic rings. The van der Waals surface area contributed by atoms with Crippen LogP contribution in [0.3, 0.4) is 0 Å². The number of rotatable bonds is 3. The van der Waals surface area contributed by atoms with Crippen molar-refractivity contribution in [1.82, 2.24) is 14.5 Å². The van der Waals surface area contributed by atoms with E-state index in [0.717, 1.165) is 23.0 Å². The summed E-state index contributed by atoms with van der Waals surface area (Å²) in [6, 6.07) is 8.69. The molecule has 0 saturated carbocycles. The van der Waals surface area contributed by atoms with Gasteiger partial charge in [-0.05, 0) is 75.3 Å². The highest BCUT2D eigenvalue weighted by molar-refractivity contribution is 6.06. The Morgan fingerprint density at radius 1 is 1.28 bits per heavy atom. The third-order valence-electron chi connectivity index (χ3n) is 6.73. The average molecular weight is 488 g/mol. The number of aromatic nitrogens is 2. The summed E-state index contributed by atoms with van der Waals surface area (Å²) in [4.78, 5) is 32.0. The smallest absolute Gasteiger partial charge is 0.410 e. The number of fused-ring (bicyclic) bond motifs is 1. The van der Waals surface area contributed by atoms with Crippen LogP contribution in [0.1, 0.15) is 67.1 Å². The molecule has 0 radical (unpaired) electrons. The molecule has 2 atom stereocenters. The Hall–Kier alpha value is -3.86. The van der Waals surface area contributed by atoms with Gasteiger partial charge in [-0.25, -0.2) is 9.78 Å². The van der Waals surface area contributed by atoms with E-state index in [1.165, 1.54) is 5.56 Å². The second kappa shape index (κ2) is 9.65. The van der Waals surface area contributed by atoms with Crippen LogP contribution in [0.25, 0.3) is 11.0 Å². The quantitative estimate of drug-likeness (QED) is 0.536. The molecule has 0 unspecified atom stereocenters. The minimum atomic E-state index is -0.521. The normalized spacial score (nSPS) is 18.1. The van der Waals surface area contributed by atoms with E-state index in [0.29, 0.717) is 29.9 Å². The molecule has 1 aliphatic heterocycles. The number of nitriles is 1. The lowest BCUT2D eigenvalue weighted by atomic mass is 9.81. The number of hydrogen-bond acceptors (Lipinski definition) is 5. The first-order valence-corrected chi connectivity index (χ1v) is 12.2. The van der Waals surface area contributed by atoms with Gasteiger partial charge in [0.1, 0.15) is 11.2 Å². The molecule has 0 aliphatic carbocycles. The van der Waals surface area contributed by atoms with Crippen molar-refractivity contribution in [2.75, 3.05) is 18.4 Å². The largest absolute Gasteiger partial charge is 0.444 e. The molecular formula is C28H33N5O3. The van der Waals surface area contributed by atoms with Crippen molar-refractivity contribution in [2.24, 2.45) is 13.0 Å². The van der Waals surface area contributed by atoms with Crippen LogP contribution in [0.5, 0.6) is 0 Å². The van der Waals surface area contributed by atoms with Crippen molar-refractivity contribution >= 4 is 28.7 Å². The number of nitrogens with one attached hydrogen (secondary N) is 1. The highest BCUT2D eigenvalue weighted by Crippen LogP contribution is 2.39. The first kappa shape index (κ1) is 25.2. The summed E-state index contributed by atoms with van der Waals surface area (Å²) in [5.74, 6) is 0.183. The summed E-state index contributed by atoms with van der Waals surface area (Å²) < 4.78 is 7.60. The van der Waals surface area contributed by atoms with Crippen molar-refractivity contribution in [2.45, 2.75) is 52.6 Å². The summed E-state index contributed by atoms with van der Waals surface area (Å²) in [6.07, 6.45) is 4.35. The molecule has 8 heteroatoms. The molecule has 1 saturated heterocycles. The molecule has 4 rings (SSSR count). The van der Waals surface area contributed by atoms with Gasteiger partial charge in [-0.2, -0.15) is 5.26 Å². The highest BCUT2D eigenvalue weighted by Gasteiger charge is 2.34. The summed E-state index contributed by atoms with van der Waals surface area (Å²) in [7, 11) is 1.98. The number of amides is 2. The number of pyridine rings is 1. The Bertz CT molecular complexity index is 1360. The van der Waals surface area contributed by atoms with Crippen molar-refractivity contribution in [3.63, 3.8) is 0 Å². The molecule has 188 valence electrons. The molecule has 2 amide bonds. The lowest BCUT2D eigenvalue weighted by Crippen LogP contribution is -2.44. The monoisotopic (exact) mass is 487 g/mol. The van der Waals surface area contributed by atoms with Crippen LogP contribution in [-0.4, -0.2) is 45.1 Å². The van der Waals surface area contributed by atoms with Crippen LogP contribution in [0.2, 0.25) is 0 Å². The van der Waals surface area contributed by atoms with E-state index in [9.17, 15) is 9.59 Å². The number of ether oxygens (including phenoxy) is 1. The molecule has 8 nitrogen and oxygen atoms in total. The van der Waals surface area contributed by atoms with Gasteiger partial charge in [0.05, 0.1) is 23.5 Å². The Kier molecular flexibility index (Phi) is 6.77. The molecule has 1 N–H and O–H groups in total. The average Bonchev–Trinajstić information content (AvgIpc) is 3.16. The van der Waals surface area contributed by atoms with E-state index in [1.54, 1.807) is 35.4 Å². The number of piperidine rings is 1. The molecule has 2 aromatic heterocycles. The van der Waals surface area contributed by atoms with Crippen molar-refractivity contribution in [3.8, 4) is 6.07 Å². The van der Waals surface area contributed by atoms with Crippen molar-refractivity contribution in [3.05, 3.63) is 58.9 Å². The summed E-state index contributed by atoms with van der Waals surface area (Å²) >= 11 is 0. The van der Waals surface area contributed by atoms with Crippen LogP contribution in [0.15, 0.2) is 36.7 Å². The summed E-state index contributed by atoms with van der Waals surface area (Å²) in [5, 5.41) is 13.2. The zero-order valence-electron chi connectivity index (χ0n) is 21.8. The molecule has 36 heavy (non-hydrogen) atoms. The molecule has 0 bridgehead atoms. The zero-order valence-corrected chi connectivity index (χ0v) is 21.8. The molecule has 3 heterocycles. The highest BCUT2D eigenvalue weighted by atomic mass is 16.6. The van der Waals surface area contributed by atoms with E-state index < -0.39 is 5.60 Å². The molecule has 3 aromatic rings. The number of aryl methyl sites for hydroxylation is 2. The summed E-state index contributed by atoms with van der Waals surface area (Å²) in [5.41, 5.74) is 3.95. The second-order valence-corrected chi connectivity index (χ2v) is 10.6. The topological polar surface area (TPSA) is 100 Å². The Morgan fingerprint density at radius 3 is 2.69 bits per heavy atom. The Balaban J connectivity index is 1.61. The fraction of sp³-hybridized carbons (Fsp3) is 0.429. The number of likely N-dealkylation sites (tertiary alicyclic amines) is 1. The fourth-order valence-electron chi connectivity index (χ4n) is 4.97. The molecule has 1 fully saturated rings. The van der Waals surface area contributed by atoms with Gasteiger partial charge < -0.3 is 19.5 Å². The third-order valence-corrected chi connectivity index (χ3v) is 6.73. The number of carbonyl (C=O) groups excluding carboxylic acids is 2. The van der Waals surface area contributed by atoms with Crippen molar-refractivity contribution in [1.29, 1.82) is 5.26 Å². The minimum absolute atomic E-state index is 0.225. The number of nitrogens with zero attached hydrogens (tertiary/aromatic N) is 4. The van der Waals surface area contributed by atoms with Crippen LogP contribution in [-0.2, 0) is 11.8 Å². The predicted octanol–water partition coefficient (Wildman–Crippen LogP) is 5.37. The first-order chi connectivity index (χ1) is 17.0. The maximum atomic E-state index is 12.9. The van der Waals surface area contributed by atoms with Gasteiger partial charge in [0.2, 0.25) is 0 Å². The molecule has 0 spiro atoms. The van der Waals surface area contributed by atoms with Gasteiger partial charge in [-0.15, -0.1) is 0 Å². The maximum Gasteiger partial charge on any atom is 0.410 e. The SMILES string of the molecule is Cc1c(NC(=O)c2cccc(C#N)c2)cnc2c1c([C@@H]1CCN(C(=O)OC(C)(C)C)C[C@@H]1C)cn2C. The van der Waals surface area contributed by atoms with Crippen molar-refractivity contribution < 1.29 is 14.3 Å². The third kappa shape index (κ3) is 5.06. The number of hydrogen-bond donors (Lipinski definition) is 1. The number of anilines is 1. The Morgan fingerprint density at radius 2 is 2.03 bits per heavy atom. The van der Waals surface area contributed by atoms with Crippen LogP contribution >= 0.6 is 0 Å². The van der Waals surface area contributed by atoms with E-state index in [1.807, 2.05) is 39.3 Å². The first-order valence-electron chi connectivity index (χ1n) is 12.2. The molecular weight excluding hydrogens is 454 g/mol. The van der Waals surface area contributed by atoms with Gasteiger partial charge >= 0.3 is 6.09 Å². The number of carbonyl (C=O) groups is 2. The number of benzene rings is 1. The van der Waals surface area contributed by atoms with Gasteiger partial charge in [0.25, 0.3) is 5.91 Å². The zero-order chi connectivity index (χ0) is 26.2. The predicted molar refractivity (Wildman–Crippen MR) is 139 cm³/mol. The van der Waals surface area contributed by atoms with Crippen LogP contribution < -0.4 is 5.32 Å². The second-order valence-electron chi connectivity index (χ2n) is 10.6. The van der Waals surface area contributed by atoms with E-state index >= 15 is 0 Å². The van der Waals surface area contributed by atoms with Gasteiger partial charge in [0.15, 0.2) is 0 Å². The van der Waals surface area contributed by atoms with Gasteiger partial charge in [-0.1, -0.05) is 13.0 Å². The Labute approximate surface area is 211 Å². The fourth-order valence-corrected chi connectivity index (χ4v) is 4.97. The van der Waals surface area contributed by atoms with E-state index in [4.69, 9.17) is 10.00 Å². The maximum absolute atomic E-state index is 12.9. The van der Waals surface area contributed by atoms with E-state index in [-0.39, 0.29) is 23.8 Å². The summed E-state index contributed by atoms with van der Waals surface area (Å²) in [6.45, 7) is 11.0. The lowest BCUT2D eigenvalue weighted by molar-refractivity contribution is 0.0155. The van der Waals surface area contributed by atoms with Crippen LogP contribution in [0, 0.1) is 24.2 Å². The van der Waals surface area contributed by atoms with Gasteiger partial charge in [0, 0.05) is 37.3 Å². The molecule has 1 aromatic carbocycles. The van der Waals surface area contributed by atoms with Crippen LogP contribution in [0.4, 0.5) is 10.5 Å². The standard InChI is InChI=1S/C28H33N5O3/c1-17-15-33(27(35)36-28(3,4)5)11-10-21(17)22-16-32(6)25-24(22)18(2)23(14-30-25)31-26(34)20-9-7-8-19(12-20)13-29/h7-9,12,14,16-17,21H,10-11,15H2,1-6H3,(H,31,34)/t17-,21+/m0/s1. The lowest BCUT2D eigenvalue weighted by Gasteiger charge is -2.37. The minimum Gasteiger partial charge on any atom is -0.444 e.